The molecule has 1 heterocycles. The van der Waals surface area contributed by atoms with E-state index in [0.29, 0.717) is 13.2 Å². The molecule has 0 radical (unpaired) electrons. The molecular weight excluding hydrogens is 224 g/mol. The van der Waals surface area contributed by atoms with Crippen LogP contribution in [0.25, 0.3) is 0 Å². The fourth-order valence-corrected chi connectivity index (χ4v) is 2.80. The second kappa shape index (κ2) is 6.24. The quantitative estimate of drug-likeness (QED) is 0.646. The first-order valence-electron chi connectivity index (χ1n) is 4.74. The number of hydrogen-bond donors (Lipinski definition) is 0. The van der Waals surface area contributed by atoms with Gasteiger partial charge in [-0.3, -0.25) is 8.37 Å². The summed E-state index contributed by atoms with van der Waals surface area (Å²) in [7, 11) is -2.03. The fourth-order valence-electron chi connectivity index (χ4n) is 1.27. The average molecular weight is 240 g/mol. The Bertz CT molecular complexity index is 206. The van der Waals surface area contributed by atoms with E-state index in [1.165, 1.54) is 25.7 Å². The van der Waals surface area contributed by atoms with Crippen LogP contribution in [0, 0.1) is 0 Å². The molecular formula is C8H16O2S3. The summed E-state index contributed by atoms with van der Waals surface area (Å²) in [6, 6.07) is 0. The molecule has 0 aliphatic carbocycles. The Kier molecular flexibility index (Phi) is 5.66. The zero-order chi connectivity index (χ0) is 9.57. The summed E-state index contributed by atoms with van der Waals surface area (Å²) in [4.78, 5) is 0. The van der Waals surface area contributed by atoms with Crippen LogP contribution in [0.15, 0.2) is 0 Å². The highest BCUT2D eigenvalue weighted by atomic mass is 33.1. The van der Waals surface area contributed by atoms with E-state index in [9.17, 15) is 0 Å². The largest absolute Gasteiger partial charge is 0.290 e. The highest BCUT2D eigenvalue weighted by molar-refractivity contribution is 8.51. The first-order chi connectivity index (χ1) is 6.21. The van der Waals surface area contributed by atoms with Crippen molar-refractivity contribution in [2.45, 2.75) is 38.5 Å². The molecule has 1 fully saturated rings. The Labute approximate surface area is 90.2 Å². The second-order valence-electron chi connectivity index (χ2n) is 3.17. The maximum absolute atomic E-state index is 5.35. The molecule has 0 saturated carbocycles. The Morgan fingerprint density at radius 1 is 0.692 bits per heavy atom. The SMILES string of the molecule is S=S1(=S)OCCCCCCCCO1. The molecule has 1 saturated heterocycles. The van der Waals surface area contributed by atoms with Crippen LogP contribution in [-0.4, -0.2) is 13.2 Å². The molecule has 78 valence electrons. The lowest BCUT2D eigenvalue weighted by Gasteiger charge is -2.10. The molecule has 0 aromatic rings. The van der Waals surface area contributed by atoms with Crippen molar-refractivity contribution in [3.63, 3.8) is 0 Å². The monoisotopic (exact) mass is 240 g/mol. The summed E-state index contributed by atoms with van der Waals surface area (Å²) < 4.78 is 10.7. The second-order valence-corrected chi connectivity index (χ2v) is 7.73. The molecule has 1 rings (SSSR count). The van der Waals surface area contributed by atoms with Gasteiger partial charge < -0.3 is 0 Å². The molecule has 0 N–H and O–H groups in total. The van der Waals surface area contributed by atoms with E-state index in [2.05, 4.69) is 0 Å². The number of rotatable bonds is 0. The molecule has 0 atom stereocenters. The molecule has 0 aromatic carbocycles. The molecule has 0 bridgehead atoms. The van der Waals surface area contributed by atoms with Gasteiger partial charge in [0.25, 0.3) is 0 Å². The van der Waals surface area contributed by atoms with Crippen molar-refractivity contribution in [2.75, 3.05) is 13.2 Å². The molecule has 0 unspecified atom stereocenters. The predicted molar refractivity (Wildman–Crippen MR) is 61.7 cm³/mol. The normalized spacial score (nSPS) is 26.2. The van der Waals surface area contributed by atoms with Crippen LogP contribution in [0.4, 0.5) is 0 Å². The molecule has 0 aromatic heterocycles. The van der Waals surface area contributed by atoms with Gasteiger partial charge in [-0.2, -0.15) is 0 Å². The standard InChI is InChI=1S/C8H16O2S3/c11-13(12)9-7-5-3-1-2-4-6-8-10-13/h1-8H2. The Morgan fingerprint density at radius 2 is 1.08 bits per heavy atom. The van der Waals surface area contributed by atoms with Gasteiger partial charge in [0, 0.05) is 22.4 Å². The van der Waals surface area contributed by atoms with Gasteiger partial charge in [0.1, 0.15) is 7.71 Å². The van der Waals surface area contributed by atoms with Crippen LogP contribution >= 0.6 is 0 Å². The summed E-state index contributed by atoms with van der Waals surface area (Å²) in [5.74, 6) is 0. The topological polar surface area (TPSA) is 18.5 Å². The Morgan fingerprint density at radius 3 is 1.54 bits per heavy atom. The summed E-state index contributed by atoms with van der Waals surface area (Å²) >= 11 is 10.1. The minimum Gasteiger partial charge on any atom is -0.290 e. The lowest BCUT2D eigenvalue weighted by Crippen LogP contribution is -2.08. The summed E-state index contributed by atoms with van der Waals surface area (Å²) in [5.41, 5.74) is 0. The maximum atomic E-state index is 5.35. The van der Waals surface area contributed by atoms with Crippen LogP contribution in [0.5, 0.6) is 0 Å². The van der Waals surface area contributed by atoms with Gasteiger partial charge in [-0.1, -0.05) is 25.7 Å². The molecule has 13 heavy (non-hydrogen) atoms. The highest BCUT2D eigenvalue weighted by Gasteiger charge is 2.04. The van der Waals surface area contributed by atoms with E-state index < -0.39 is 7.71 Å². The van der Waals surface area contributed by atoms with E-state index in [0.717, 1.165) is 12.8 Å². The van der Waals surface area contributed by atoms with Gasteiger partial charge in [0.2, 0.25) is 0 Å². The van der Waals surface area contributed by atoms with Crippen molar-refractivity contribution in [3.05, 3.63) is 0 Å². The summed E-state index contributed by atoms with van der Waals surface area (Å²) in [6.07, 6.45) is 7.15. The molecule has 2 nitrogen and oxygen atoms in total. The third-order valence-electron chi connectivity index (χ3n) is 1.99. The Hall–Kier alpha value is 0.710. The van der Waals surface area contributed by atoms with Crippen molar-refractivity contribution in [2.24, 2.45) is 0 Å². The van der Waals surface area contributed by atoms with Gasteiger partial charge in [-0.05, 0) is 12.8 Å². The molecule has 0 amide bonds. The Balaban J connectivity index is 2.36. The minimum absolute atomic E-state index is 0.669. The van der Waals surface area contributed by atoms with Gasteiger partial charge in [0.05, 0.1) is 13.2 Å². The van der Waals surface area contributed by atoms with Crippen LogP contribution < -0.4 is 0 Å². The van der Waals surface area contributed by atoms with Crippen molar-refractivity contribution in [1.29, 1.82) is 0 Å². The smallest absolute Gasteiger partial charge is 0.137 e. The van der Waals surface area contributed by atoms with Crippen LogP contribution in [0.3, 0.4) is 0 Å². The minimum atomic E-state index is -2.03. The molecule has 5 heteroatoms. The zero-order valence-electron chi connectivity index (χ0n) is 7.70. The van der Waals surface area contributed by atoms with E-state index >= 15 is 0 Å². The highest BCUT2D eigenvalue weighted by Crippen LogP contribution is 2.10. The summed E-state index contributed by atoms with van der Waals surface area (Å²) in [6.45, 7) is 1.34. The van der Waals surface area contributed by atoms with Crippen LogP contribution in [-0.2, 0) is 38.5 Å². The molecule has 1 aliphatic heterocycles. The molecule has 0 spiro atoms. The third-order valence-corrected chi connectivity index (χ3v) is 4.06. The van der Waals surface area contributed by atoms with Gasteiger partial charge in [-0.15, -0.1) is 0 Å². The lowest BCUT2D eigenvalue weighted by atomic mass is 10.1. The maximum Gasteiger partial charge on any atom is 0.137 e. The van der Waals surface area contributed by atoms with E-state index in [-0.39, 0.29) is 0 Å². The predicted octanol–water partition coefficient (Wildman–Crippen LogP) is 2.28. The number of hydrogen-bond acceptors (Lipinski definition) is 4. The fraction of sp³-hybridized carbons (Fsp3) is 1.00. The van der Waals surface area contributed by atoms with E-state index in [1.807, 2.05) is 0 Å². The van der Waals surface area contributed by atoms with Crippen LogP contribution in [0.1, 0.15) is 38.5 Å². The van der Waals surface area contributed by atoms with E-state index in [4.69, 9.17) is 30.7 Å². The van der Waals surface area contributed by atoms with Gasteiger partial charge in [-0.25, -0.2) is 0 Å². The van der Waals surface area contributed by atoms with Crippen LogP contribution in [0.2, 0.25) is 0 Å². The van der Waals surface area contributed by atoms with Crippen molar-refractivity contribution >= 4 is 30.1 Å². The van der Waals surface area contributed by atoms with Crippen molar-refractivity contribution in [3.8, 4) is 0 Å². The zero-order valence-corrected chi connectivity index (χ0v) is 10.1. The van der Waals surface area contributed by atoms with Gasteiger partial charge >= 0.3 is 0 Å². The average Bonchev–Trinajstić information content (AvgIpc) is 2.10. The summed E-state index contributed by atoms with van der Waals surface area (Å²) in [5, 5.41) is 0. The third kappa shape index (κ3) is 5.91. The first-order valence-corrected chi connectivity index (χ1v) is 8.08. The first kappa shape index (κ1) is 11.8. The van der Waals surface area contributed by atoms with Crippen molar-refractivity contribution in [1.82, 2.24) is 0 Å². The lowest BCUT2D eigenvalue weighted by molar-refractivity contribution is 0.271. The van der Waals surface area contributed by atoms with Gasteiger partial charge in [0.15, 0.2) is 0 Å². The molecule has 1 aliphatic rings. The van der Waals surface area contributed by atoms with E-state index in [1.54, 1.807) is 0 Å². The van der Waals surface area contributed by atoms with Crippen molar-refractivity contribution < 1.29 is 8.37 Å².